The van der Waals surface area contributed by atoms with Crippen molar-refractivity contribution >= 4 is 58.0 Å². The Hall–Kier alpha value is -3.33. The smallest absolute Gasteiger partial charge is 0.277 e. The minimum Gasteiger partial charge on any atom is -0.490 e. The lowest BCUT2D eigenvalue weighted by molar-refractivity contribution is -0.123. The standard InChI is InChI=1S/C31H29ClN2O4S2/c1-2-36-28-17-22(16-27(32)30(28)38-19-21-7-8-23-5-3-4-6-25(23)15-21)18-33-34-29(35)20-37-26-11-9-24(10-12-26)31-39-13-14-40-31/h3-12,15-18,31H,2,13-14,19-20H2,1H3,(H,34,35)/b33-18-. The van der Waals surface area contributed by atoms with E-state index < -0.39 is 0 Å². The summed E-state index contributed by atoms with van der Waals surface area (Å²) in [6, 6.07) is 25.8. The molecule has 4 aromatic rings. The molecular formula is C31H29ClN2O4S2. The van der Waals surface area contributed by atoms with Crippen LogP contribution in [0.4, 0.5) is 0 Å². The summed E-state index contributed by atoms with van der Waals surface area (Å²) in [4.78, 5) is 12.2. The number of carbonyl (C=O) groups excluding carboxylic acids is 1. The van der Waals surface area contributed by atoms with Crippen LogP contribution in [0.1, 0.15) is 28.2 Å². The predicted molar refractivity (Wildman–Crippen MR) is 166 cm³/mol. The molecule has 0 radical (unpaired) electrons. The quantitative estimate of drug-likeness (QED) is 0.144. The van der Waals surface area contributed by atoms with Gasteiger partial charge in [-0.15, -0.1) is 23.5 Å². The van der Waals surface area contributed by atoms with E-state index in [1.165, 1.54) is 28.7 Å². The maximum atomic E-state index is 12.2. The summed E-state index contributed by atoms with van der Waals surface area (Å²) in [5, 5.41) is 6.76. The molecule has 4 aromatic carbocycles. The van der Waals surface area contributed by atoms with Crippen LogP contribution >= 0.6 is 35.1 Å². The van der Waals surface area contributed by atoms with Gasteiger partial charge in [-0.3, -0.25) is 4.79 Å². The summed E-state index contributed by atoms with van der Waals surface area (Å²) < 4.78 is 17.9. The Balaban J connectivity index is 1.16. The van der Waals surface area contributed by atoms with Crippen LogP contribution < -0.4 is 19.6 Å². The molecule has 1 amide bonds. The van der Waals surface area contributed by atoms with Crippen molar-refractivity contribution in [3.8, 4) is 17.2 Å². The first-order valence-electron chi connectivity index (χ1n) is 12.9. The number of benzene rings is 4. The van der Waals surface area contributed by atoms with Crippen LogP contribution in [-0.2, 0) is 11.4 Å². The zero-order chi connectivity index (χ0) is 27.7. The predicted octanol–water partition coefficient (Wildman–Crippen LogP) is 7.48. The molecule has 40 heavy (non-hydrogen) atoms. The zero-order valence-electron chi connectivity index (χ0n) is 22.0. The van der Waals surface area contributed by atoms with Gasteiger partial charge >= 0.3 is 0 Å². The number of fused-ring (bicyclic) bond motifs is 1. The monoisotopic (exact) mass is 592 g/mol. The highest BCUT2D eigenvalue weighted by atomic mass is 35.5. The number of nitrogens with one attached hydrogen (secondary N) is 1. The van der Waals surface area contributed by atoms with Crippen molar-refractivity contribution in [1.82, 2.24) is 5.43 Å². The summed E-state index contributed by atoms with van der Waals surface area (Å²) in [6.07, 6.45) is 1.51. The third kappa shape index (κ3) is 7.44. The van der Waals surface area contributed by atoms with Crippen LogP contribution in [0.25, 0.3) is 10.8 Å². The maximum absolute atomic E-state index is 12.2. The van der Waals surface area contributed by atoms with E-state index in [-0.39, 0.29) is 12.5 Å². The Morgan fingerprint density at radius 2 is 1.75 bits per heavy atom. The molecular weight excluding hydrogens is 564 g/mol. The average Bonchev–Trinajstić information content (AvgIpc) is 3.51. The molecule has 5 rings (SSSR count). The van der Waals surface area contributed by atoms with Crippen LogP contribution in [0.3, 0.4) is 0 Å². The summed E-state index contributed by atoms with van der Waals surface area (Å²) in [5.74, 6) is 3.60. The molecule has 0 saturated carbocycles. The Morgan fingerprint density at radius 3 is 2.52 bits per heavy atom. The van der Waals surface area contributed by atoms with Gasteiger partial charge in [-0.25, -0.2) is 5.43 Å². The fourth-order valence-electron chi connectivity index (χ4n) is 4.18. The first kappa shape index (κ1) is 28.2. The Labute approximate surface area is 247 Å². The minimum atomic E-state index is -0.367. The van der Waals surface area contributed by atoms with E-state index in [9.17, 15) is 4.79 Å². The van der Waals surface area contributed by atoms with Gasteiger partial charge < -0.3 is 14.2 Å². The van der Waals surface area contributed by atoms with E-state index >= 15 is 0 Å². The van der Waals surface area contributed by atoms with Gasteiger partial charge in [0.2, 0.25) is 0 Å². The molecule has 0 atom stereocenters. The summed E-state index contributed by atoms with van der Waals surface area (Å²) in [5.41, 5.74) is 5.44. The van der Waals surface area contributed by atoms with Gasteiger partial charge in [0.05, 0.1) is 22.4 Å². The lowest BCUT2D eigenvalue weighted by atomic mass is 10.1. The third-order valence-corrected chi connectivity index (χ3v) is 9.46. The zero-order valence-corrected chi connectivity index (χ0v) is 24.4. The number of halogens is 1. The highest BCUT2D eigenvalue weighted by Gasteiger charge is 2.18. The van der Waals surface area contributed by atoms with Crippen molar-refractivity contribution in [2.45, 2.75) is 18.1 Å². The van der Waals surface area contributed by atoms with Gasteiger partial charge in [0.1, 0.15) is 12.4 Å². The maximum Gasteiger partial charge on any atom is 0.277 e. The molecule has 0 unspecified atom stereocenters. The van der Waals surface area contributed by atoms with Crippen LogP contribution in [0.2, 0.25) is 5.02 Å². The molecule has 1 saturated heterocycles. The molecule has 9 heteroatoms. The molecule has 0 aromatic heterocycles. The second-order valence-corrected chi connectivity index (χ2v) is 12.1. The minimum absolute atomic E-state index is 0.143. The van der Waals surface area contributed by atoms with Gasteiger partial charge in [-0.1, -0.05) is 60.1 Å². The van der Waals surface area contributed by atoms with E-state index in [2.05, 4.69) is 46.9 Å². The van der Waals surface area contributed by atoms with Gasteiger partial charge in [0.15, 0.2) is 18.1 Å². The van der Waals surface area contributed by atoms with Crippen molar-refractivity contribution in [1.29, 1.82) is 0 Å². The number of thioether (sulfide) groups is 2. The van der Waals surface area contributed by atoms with Crippen molar-refractivity contribution in [3.05, 3.63) is 101 Å². The first-order valence-corrected chi connectivity index (χ1v) is 15.4. The van der Waals surface area contributed by atoms with Crippen molar-refractivity contribution in [2.24, 2.45) is 5.10 Å². The summed E-state index contributed by atoms with van der Waals surface area (Å²) in [6.45, 7) is 2.53. The molecule has 0 aliphatic carbocycles. The topological polar surface area (TPSA) is 69.2 Å². The molecule has 1 aliphatic rings. The Morgan fingerprint density at radius 1 is 0.975 bits per heavy atom. The largest absolute Gasteiger partial charge is 0.490 e. The normalized spacial score (nSPS) is 13.6. The first-order chi connectivity index (χ1) is 19.6. The number of rotatable bonds is 11. The van der Waals surface area contributed by atoms with Crippen LogP contribution in [-0.4, -0.2) is 36.8 Å². The van der Waals surface area contributed by atoms with E-state index in [1.807, 2.05) is 60.8 Å². The third-order valence-electron chi connectivity index (χ3n) is 6.08. The van der Waals surface area contributed by atoms with E-state index in [0.29, 0.717) is 45.6 Å². The van der Waals surface area contributed by atoms with Crippen molar-refractivity contribution < 1.29 is 19.0 Å². The van der Waals surface area contributed by atoms with Gasteiger partial charge in [-0.2, -0.15) is 5.10 Å². The molecule has 0 bridgehead atoms. The van der Waals surface area contributed by atoms with Crippen LogP contribution in [0.5, 0.6) is 17.2 Å². The SMILES string of the molecule is CCOc1cc(/C=N\NC(=O)COc2ccc(C3SCCS3)cc2)cc(Cl)c1OCc1ccc2ccccc2c1. The molecule has 206 valence electrons. The number of nitrogens with zero attached hydrogens (tertiary/aromatic N) is 1. The number of amides is 1. The lowest BCUT2D eigenvalue weighted by Gasteiger charge is -2.15. The highest BCUT2D eigenvalue weighted by Crippen LogP contribution is 2.45. The summed E-state index contributed by atoms with van der Waals surface area (Å²) >= 11 is 10.5. The highest BCUT2D eigenvalue weighted by molar-refractivity contribution is 8.19. The van der Waals surface area contributed by atoms with Crippen LogP contribution in [0, 0.1) is 0 Å². The van der Waals surface area contributed by atoms with E-state index in [4.69, 9.17) is 25.8 Å². The Kier molecular flexibility index (Phi) is 9.76. The molecule has 1 aliphatic heterocycles. The number of hydrogen-bond acceptors (Lipinski definition) is 7. The lowest BCUT2D eigenvalue weighted by Crippen LogP contribution is -2.24. The second-order valence-electron chi connectivity index (χ2n) is 8.96. The van der Waals surface area contributed by atoms with Crippen molar-refractivity contribution in [2.75, 3.05) is 24.7 Å². The fraction of sp³-hybridized carbons (Fsp3) is 0.226. The number of hydrazone groups is 1. The molecule has 0 spiro atoms. The molecule has 1 fully saturated rings. The van der Waals surface area contributed by atoms with Gasteiger partial charge in [-0.05, 0) is 64.7 Å². The van der Waals surface area contributed by atoms with Crippen molar-refractivity contribution in [3.63, 3.8) is 0 Å². The van der Waals surface area contributed by atoms with Gasteiger partial charge in [0, 0.05) is 11.5 Å². The molecule has 1 N–H and O–H groups in total. The average molecular weight is 593 g/mol. The number of ether oxygens (including phenoxy) is 3. The molecule has 6 nitrogen and oxygen atoms in total. The number of hydrogen-bond donors (Lipinski definition) is 1. The fourth-order valence-corrected chi connectivity index (χ4v) is 7.31. The Bertz CT molecular complexity index is 1490. The summed E-state index contributed by atoms with van der Waals surface area (Å²) in [7, 11) is 0. The second kappa shape index (κ2) is 13.8. The van der Waals surface area contributed by atoms with Gasteiger partial charge in [0.25, 0.3) is 5.91 Å². The number of carbonyl (C=O) groups is 1. The van der Waals surface area contributed by atoms with Crippen LogP contribution in [0.15, 0.2) is 84.0 Å². The van der Waals surface area contributed by atoms with E-state index in [0.717, 1.165) is 10.9 Å². The van der Waals surface area contributed by atoms with E-state index in [1.54, 1.807) is 12.1 Å². The molecule has 1 heterocycles.